The van der Waals surface area contributed by atoms with Gasteiger partial charge in [0.15, 0.2) is 0 Å². The van der Waals surface area contributed by atoms with E-state index in [0.717, 1.165) is 17.8 Å². The number of para-hydroxylation sites is 1. The van der Waals surface area contributed by atoms with Gasteiger partial charge in [0.1, 0.15) is 0 Å². The molecule has 1 aliphatic rings. The van der Waals surface area contributed by atoms with Gasteiger partial charge in [0, 0.05) is 17.4 Å². The highest BCUT2D eigenvalue weighted by Gasteiger charge is 2.30. The first-order valence-corrected chi connectivity index (χ1v) is 8.60. The number of fused-ring (bicyclic) bond motifs is 1. The maximum atomic E-state index is 12.7. The molecule has 1 unspecified atom stereocenters. The van der Waals surface area contributed by atoms with Gasteiger partial charge < -0.3 is 10.2 Å². The highest BCUT2D eigenvalue weighted by molar-refractivity contribution is 5.98. The Morgan fingerprint density at radius 2 is 1.79 bits per heavy atom. The second kappa shape index (κ2) is 6.31. The molecule has 2 aromatic rings. The number of carbonyl (C=O) groups excluding carboxylic acids is 1. The lowest BCUT2D eigenvalue weighted by molar-refractivity contribution is -0.117. The van der Waals surface area contributed by atoms with Gasteiger partial charge in [-0.1, -0.05) is 51.1 Å². The first kappa shape index (κ1) is 16.6. The molecule has 1 aliphatic heterocycles. The smallest absolute Gasteiger partial charge is 0.246 e. The normalized spacial score (nSPS) is 16.8. The number of hydrogen-bond acceptors (Lipinski definition) is 2. The molecule has 0 radical (unpaired) electrons. The second-order valence-electron chi connectivity index (χ2n) is 7.63. The fourth-order valence-corrected chi connectivity index (χ4v) is 3.30. The lowest BCUT2D eigenvalue weighted by Gasteiger charge is -2.23. The molecule has 2 aromatic carbocycles. The summed E-state index contributed by atoms with van der Waals surface area (Å²) in [4.78, 5) is 14.6. The monoisotopic (exact) mass is 322 g/mol. The van der Waals surface area contributed by atoms with E-state index in [-0.39, 0.29) is 17.4 Å². The van der Waals surface area contributed by atoms with E-state index in [4.69, 9.17) is 0 Å². The molecular weight excluding hydrogens is 296 g/mol. The van der Waals surface area contributed by atoms with Gasteiger partial charge in [0.25, 0.3) is 0 Å². The van der Waals surface area contributed by atoms with Crippen molar-refractivity contribution in [2.24, 2.45) is 0 Å². The van der Waals surface area contributed by atoms with Crippen molar-refractivity contribution in [2.45, 2.75) is 45.6 Å². The molecule has 1 amide bonds. The number of anilines is 2. The first-order valence-electron chi connectivity index (χ1n) is 8.60. The van der Waals surface area contributed by atoms with Crippen LogP contribution in [0.25, 0.3) is 0 Å². The molecule has 1 N–H and O–H groups in total. The average Bonchev–Trinajstić information content (AvgIpc) is 2.88. The minimum absolute atomic E-state index is 0.118. The predicted octanol–water partition coefficient (Wildman–Crippen LogP) is 4.37. The Hall–Kier alpha value is -2.29. The van der Waals surface area contributed by atoms with Crippen LogP contribution in [0.15, 0.2) is 48.5 Å². The molecule has 24 heavy (non-hydrogen) atoms. The molecule has 126 valence electrons. The minimum Gasteiger partial charge on any atom is -0.376 e. The third kappa shape index (κ3) is 3.30. The van der Waals surface area contributed by atoms with Gasteiger partial charge in [-0.15, -0.1) is 0 Å². The molecular formula is C21H26N2O. The molecule has 1 heterocycles. The molecule has 0 saturated carbocycles. The van der Waals surface area contributed by atoms with Crippen molar-refractivity contribution in [3.05, 3.63) is 59.7 Å². The summed E-state index contributed by atoms with van der Waals surface area (Å²) in [5.74, 6) is 0.118. The van der Waals surface area contributed by atoms with E-state index >= 15 is 0 Å². The topological polar surface area (TPSA) is 32.3 Å². The SMILES string of the molecule is CC1Cc2ccccc2N1C(=O)CNc1ccc(C(C)(C)C)cc1. The van der Waals surface area contributed by atoms with Crippen LogP contribution in [-0.2, 0) is 16.6 Å². The molecule has 0 spiro atoms. The zero-order valence-electron chi connectivity index (χ0n) is 15.0. The molecule has 0 aliphatic carbocycles. The van der Waals surface area contributed by atoms with Crippen molar-refractivity contribution in [3.8, 4) is 0 Å². The van der Waals surface area contributed by atoms with Crippen LogP contribution >= 0.6 is 0 Å². The Labute approximate surface area is 144 Å². The number of nitrogens with zero attached hydrogens (tertiary/aromatic N) is 1. The van der Waals surface area contributed by atoms with Crippen LogP contribution in [-0.4, -0.2) is 18.5 Å². The lowest BCUT2D eigenvalue weighted by Crippen LogP contribution is -2.39. The number of nitrogens with one attached hydrogen (secondary N) is 1. The van der Waals surface area contributed by atoms with Crippen molar-refractivity contribution in [2.75, 3.05) is 16.8 Å². The summed E-state index contributed by atoms with van der Waals surface area (Å²) < 4.78 is 0. The fraction of sp³-hybridized carbons (Fsp3) is 0.381. The zero-order chi connectivity index (χ0) is 17.3. The molecule has 3 nitrogen and oxygen atoms in total. The van der Waals surface area contributed by atoms with Crippen molar-refractivity contribution >= 4 is 17.3 Å². The van der Waals surface area contributed by atoms with E-state index in [9.17, 15) is 4.79 Å². The van der Waals surface area contributed by atoms with Crippen molar-refractivity contribution in [1.82, 2.24) is 0 Å². The Bertz CT molecular complexity index is 728. The highest BCUT2D eigenvalue weighted by Crippen LogP contribution is 2.31. The van der Waals surface area contributed by atoms with E-state index < -0.39 is 0 Å². The zero-order valence-corrected chi connectivity index (χ0v) is 15.0. The summed E-state index contributed by atoms with van der Waals surface area (Å²) in [5, 5.41) is 3.26. The number of hydrogen-bond donors (Lipinski definition) is 1. The van der Waals surface area contributed by atoms with Gasteiger partial charge in [-0.25, -0.2) is 0 Å². The van der Waals surface area contributed by atoms with E-state index in [1.807, 2.05) is 23.1 Å². The first-order chi connectivity index (χ1) is 11.4. The maximum absolute atomic E-state index is 12.7. The molecule has 0 saturated heterocycles. The van der Waals surface area contributed by atoms with Gasteiger partial charge in [0.05, 0.1) is 6.54 Å². The molecule has 1 atom stereocenters. The minimum atomic E-state index is 0.118. The van der Waals surface area contributed by atoms with Crippen LogP contribution in [0.3, 0.4) is 0 Å². The van der Waals surface area contributed by atoms with Crippen molar-refractivity contribution in [3.63, 3.8) is 0 Å². The van der Waals surface area contributed by atoms with Crippen LogP contribution < -0.4 is 10.2 Å². The van der Waals surface area contributed by atoms with E-state index in [2.05, 4.69) is 63.3 Å². The van der Waals surface area contributed by atoms with Crippen molar-refractivity contribution in [1.29, 1.82) is 0 Å². The lowest BCUT2D eigenvalue weighted by atomic mass is 9.87. The average molecular weight is 322 g/mol. The van der Waals surface area contributed by atoms with Crippen LogP contribution in [0.4, 0.5) is 11.4 Å². The maximum Gasteiger partial charge on any atom is 0.246 e. The molecule has 0 bridgehead atoms. The Morgan fingerprint density at radius 1 is 1.12 bits per heavy atom. The van der Waals surface area contributed by atoms with Gasteiger partial charge in [-0.3, -0.25) is 4.79 Å². The molecule has 3 rings (SSSR count). The van der Waals surface area contributed by atoms with E-state index in [0.29, 0.717) is 6.54 Å². The van der Waals surface area contributed by atoms with E-state index in [1.165, 1.54) is 11.1 Å². The quantitative estimate of drug-likeness (QED) is 0.910. The van der Waals surface area contributed by atoms with Gasteiger partial charge in [-0.2, -0.15) is 0 Å². The van der Waals surface area contributed by atoms with Crippen LogP contribution in [0.5, 0.6) is 0 Å². The number of amides is 1. The number of carbonyl (C=O) groups is 1. The van der Waals surface area contributed by atoms with Crippen LogP contribution in [0.1, 0.15) is 38.8 Å². The third-order valence-corrected chi connectivity index (χ3v) is 4.67. The summed E-state index contributed by atoms with van der Waals surface area (Å²) in [5.41, 5.74) is 4.73. The summed E-state index contributed by atoms with van der Waals surface area (Å²) in [7, 11) is 0. The van der Waals surface area contributed by atoms with Crippen LogP contribution in [0.2, 0.25) is 0 Å². The van der Waals surface area contributed by atoms with Crippen LogP contribution in [0, 0.1) is 0 Å². The summed E-state index contributed by atoms with van der Waals surface area (Å²) in [6, 6.07) is 16.8. The van der Waals surface area contributed by atoms with Gasteiger partial charge >= 0.3 is 0 Å². The molecule has 3 heteroatoms. The number of rotatable bonds is 3. The fourth-order valence-electron chi connectivity index (χ4n) is 3.30. The second-order valence-corrected chi connectivity index (χ2v) is 7.63. The molecule has 0 fully saturated rings. The van der Waals surface area contributed by atoms with Crippen molar-refractivity contribution < 1.29 is 4.79 Å². The Kier molecular flexibility index (Phi) is 4.35. The number of benzene rings is 2. The third-order valence-electron chi connectivity index (χ3n) is 4.67. The summed E-state index contributed by atoms with van der Waals surface area (Å²) in [6.45, 7) is 9.02. The predicted molar refractivity (Wildman–Crippen MR) is 101 cm³/mol. The Balaban J connectivity index is 1.66. The van der Waals surface area contributed by atoms with Gasteiger partial charge in [0.2, 0.25) is 5.91 Å². The molecule has 0 aromatic heterocycles. The summed E-state index contributed by atoms with van der Waals surface area (Å²) >= 11 is 0. The largest absolute Gasteiger partial charge is 0.376 e. The Morgan fingerprint density at radius 3 is 2.46 bits per heavy atom. The highest BCUT2D eigenvalue weighted by atomic mass is 16.2. The van der Waals surface area contributed by atoms with E-state index in [1.54, 1.807) is 0 Å². The standard InChI is InChI=1S/C21H26N2O/c1-15-13-16-7-5-6-8-19(16)23(15)20(24)14-22-18-11-9-17(10-12-18)21(2,3)4/h5-12,15,22H,13-14H2,1-4H3. The summed E-state index contributed by atoms with van der Waals surface area (Å²) in [6.07, 6.45) is 0.933. The van der Waals surface area contributed by atoms with Gasteiger partial charge in [-0.05, 0) is 48.1 Å².